The second-order valence-corrected chi connectivity index (χ2v) is 9.38. The molecular weight excluding hydrogens is 394 g/mol. The number of carbonyl (C=O) groups is 1. The minimum absolute atomic E-state index is 0.0266. The van der Waals surface area contributed by atoms with E-state index in [1.165, 1.54) is 18.4 Å². The fraction of sp³-hybridized carbons (Fsp3) is 0.522. The molecule has 1 aliphatic carbocycles. The van der Waals surface area contributed by atoms with E-state index in [-0.39, 0.29) is 5.91 Å². The number of carbonyl (C=O) groups excluding carboxylic acids is 1. The first-order valence-electron chi connectivity index (χ1n) is 11.0. The molecule has 0 unspecified atom stereocenters. The Balaban J connectivity index is 1.36. The van der Waals surface area contributed by atoms with Crippen molar-refractivity contribution in [3.63, 3.8) is 0 Å². The number of anilines is 1. The topological polar surface area (TPSA) is 62.6 Å². The Kier molecular flexibility index (Phi) is 6.89. The number of nitrogens with one attached hydrogen (secondary N) is 2. The summed E-state index contributed by atoms with van der Waals surface area (Å²) in [6, 6.07) is 10.0. The molecule has 1 aliphatic heterocycles. The lowest BCUT2D eigenvalue weighted by Gasteiger charge is -2.31. The molecule has 1 saturated carbocycles. The standard InChI is InChI=1S/C23H31N5OS/c1-3-20-14-21(28-12-10-27(2)11-13-28)26-23(25-20)30-16-18-6-8-19(9-7-18)22(29)24-15-17-4-5-17/h6-9,14,17H,3-5,10-13,15-16H2,1-2H3,(H,24,29)/p+1. The van der Waals surface area contributed by atoms with Gasteiger partial charge >= 0.3 is 0 Å². The molecule has 1 saturated heterocycles. The minimum atomic E-state index is 0.0266. The van der Waals surface area contributed by atoms with E-state index in [4.69, 9.17) is 9.97 Å². The number of nitrogens with zero attached hydrogens (tertiary/aromatic N) is 3. The number of hydrogen-bond donors (Lipinski definition) is 2. The third kappa shape index (κ3) is 5.73. The Labute approximate surface area is 183 Å². The van der Waals surface area contributed by atoms with Gasteiger partial charge in [0.1, 0.15) is 5.82 Å². The number of rotatable bonds is 8. The molecule has 0 radical (unpaired) electrons. The lowest BCUT2D eigenvalue weighted by atomic mass is 10.1. The molecule has 7 heteroatoms. The Morgan fingerprint density at radius 1 is 1.20 bits per heavy atom. The summed E-state index contributed by atoms with van der Waals surface area (Å²) in [5.74, 6) is 2.57. The highest BCUT2D eigenvalue weighted by molar-refractivity contribution is 7.98. The van der Waals surface area contributed by atoms with Crippen molar-refractivity contribution in [1.29, 1.82) is 0 Å². The summed E-state index contributed by atoms with van der Waals surface area (Å²) in [5, 5.41) is 3.86. The number of benzene rings is 1. The van der Waals surface area contributed by atoms with Crippen LogP contribution in [0.2, 0.25) is 0 Å². The number of piperazine rings is 1. The van der Waals surface area contributed by atoms with Crippen molar-refractivity contribution in [3.05, 3.63) is 47.2 Å². The van der Waals surface area contributed by atoms with Crippen LogP contribution in [0.25, 0.3) is 0 Å². The van der Waals surface area contributed by atoms with Crippen molar-refractivity contribution in [1.82, 2.24) is 15.3 Å². The number of aryl methyl sites for hydroxylation is 1. The molecule has 2 aromatic rings. The Morgan fingerprint density at radius 2 is 1.93 bits per heavy atom. The molecular formula is C23H32N5OS+. The first-order chi connectivity index (χ1) is 14.6. The number of quaternary nitrogens is 1. The van der Waals surface area contributed by atoms with E-state index in [1.807, 2.05) is 24.3 Å². The molecule has 2 fully saturated rings. The number of amides is 1. The predicted molar refractivity (Wildman–Crippen MR) is 121 cm³/mol. The van der Waals surface area contributed by atoms with E-state index in [9.17, 15) is 4.79 Å². The van der Waals surface area contributed by atoms with Crippen LogP contribution >= 0.6 is 11.8 Å². The van der Waals surface area contributed by atoms with Gasteiger partial charge in [0.05, 0.1) is 33.2 Å². The second-order valence-electron chi connectivity index (χ2n) is 8.44. The van der Waals surface area contributed by atoms with Crippen LogP contribution in [-0.2, 0) is 12.2 Å². The fourth-order valence-corrected chi connectivity index (χ4v) is 4.37. The van der Waals surface area contributed by atoms with Crippen LogP contribution in [0, 0.1) is 5.92 Å². The maximum Gasteiger partial charge on any atom is 0.251 e. The fourth-order valence-electron chi connectivity index (χ4n) is 3.55. The van der Waals surface area contributed by atoms with Gasteiger partial charge in [0.2, 0.25) is 0 Å². The molecule has 160 valence electrons. The molecule has 30 heavy (non-hydrogen) atoms. The van der Waals surface area contributed by atoms with Crippen LogP contribution in [0.5, 0.6) is 0 Å². The van der Waals surface area contributed by atoms with Gasteiger partial charge in [-0.25, -0.2) is 9.97 Å². The van der Waals surface area contributed by atoms with Crippen LogP contribution in [0.3, 0.4) is 0 Å². The summed E-state index contributed by atoms with van der Waals surface area (Å²) in [6.45, 7) is 7.32. The molecule has 4 rings (SSSR count). The molecule has 1 aromatic heterocycles. The Bertz CT molecular complexity index is 860. The predicted octanol–water partition coefficient (Wildman–Crippen LogP) is 1.81. The monoisotopic (exact) mass is 426 g/mol. The average Bonchev–Trinajstić information content (AvgIpc) is 3.61. The molecule has 1 aromatic carbocycles. The number of thioether (sulfide) groups is 1. The highest BCUT2D eigenvalue weighted by Crippen LogP contribution is 2.27. The maximum atomic E-state index is 12.2. The van der Waals surface area contributed by atoms with Gasteiger partial charge in [-0.2, -0.15) is 0 Å². The molecule has 0 spiro atoms. The van der Waals surface area contributed by atoms with E-state index in [0.29, 0.717) is 5.92 Å². The normalized spacial score (nSPS) is 17.2. The second kappa shape index (κ2) is 9.79. The SMILES string of the molecule is CCc1cc(N2CC[NH+](C)CC2)nc(SCc2ccc(C(=O)NCC3CC3)cc2)n1. The molecule has 1 amide bonds. The van der Waals surface area contributed by atoms with Crippen LogP contribution in [0.1, 0.15) is 41.4 Å². The summed E-state index contributed by atoms with van der Waals surface area (Å²) < 4.78 is 0. The zero-order chi connectivity index (χ0) is 20.9. The van der Waals surface area contributed by atoms with Gasteiger partial charge in [-0.1, -0.05) is 30.8 Å². The summed E-state index contributed by atoms with van der Waals surface area (Å²) >= 11 is 1.66. The quantitative estimate of drug-likeness (QED) is 0.498. The highest BCUT2D eigenvalue weighted by Gasteiger charge is 2.22. The molecule has 6 nitrogen and oxygen atoms in total. The molecule has 2 heterocycles. The van der Waals surface area contributed by atoms with Crippen LogP contribution in [-0.4, -0.2) is 55.6 Å². The van der Waals surface area contributed by atoms with Crippen LogP contribution in [0.15, 0.2) is 35.5 Å². The Morgan fingerprint density at radius 3 is 2.60 bits per heavy atom. The van der Waals surface area contributed by atoms with Crippen molar-refractivity contribution in [2.24, 2.45) is 5.92 Å². The minimum Gasteiger partial charge on any atom is -0.352 e. The van der Waals surface area contributed by atoms with E-state index >= 15 is 0 Å². The largest absolute Gasteiger partial charge is 0.352 e. The van der Waals surface area contributed by atoms with E-state index in [2.05, 4.69) is 30.3 Å². The first-order valence-corrected chi connectivity index (χ1v) is 12.0. The van der Waals surface area contributed by atoms with E-state index in [1.54, 1.807) is 16.7 Å². The van der Waals surface area contributed by atoms with Crippen molar-refractivity contribution in [3.8, 4) is 0 Å². The first kappa shape index (κ1) is 21.1. The van der Waals surface area contributed by atoms with Crippen LogP contribution < -0.4 is 15.1 Å². The third-order valence-corrected chi connectivity index (χ3v) is 6.80. The molecule has 2 N–H and O–H groups in total. The van der Waals surface area contributed by atoms with E-state index in [0.717, 1.165) is 67.1 Å². The zero-order valence-corrected chi connectivity index (χ0v) is 18.8. The van der Waals surface area contributed by atoms with Gasteiger partial charge in [0.25, 0.3) is 5.91 Å². The zero-order valence-electron chi connectivity index (χ0n) is 18.0. The van der Waals surface area contributed by atoms with Crippen molar-refractivity contribution < 1.29 is 9.69 Å². The van der Waals surface area contributed by atoms with Crippen molar-refractivity contribution >= 4 is 23.5 Å². The van der Waals surface area contributed by atoms with Gasteiger partial charge in [-0.3, -0.25) is 4.79 Å². The number of aromatic nitrogens is 2. The number of likely N-dealkylation sites (N-methyl/N-ethyl adjacent to an activating group) is 1. The van der Waals surface area contributed by atoms with Gasteiger partial charge < -0.3 is 15.1 Å². The van der Waals surface area contributed by atoms with Gasteiger partial charge in [-0.05, 0) is 42.9 Å². The van der Waals surface area contributed by atoms with Gasteiger partial charge in [0.15, 0.2) is 5.16 Å². The summed E-state index contributed by atoms with van der Waals surface area (Å²) in [4.78, 5) is 25.7. The van der Waals surface area contributed by atoms with Crippen molar-refractivity contribution in [2.75, 3.05) is 44.7 Å². The summed E-state index contributed by atoms with van der Waals surface area (Å²) in [7, 11) is 2.25. The summed E-state index contributed by atoms with van der Waals surface area (Å²) in [5.41, 5.74) is 3.00. The van der Waals surface area contributed by atoms with E-state index < -0.39 is 0 Å². The van der Waals surface area contributed by atoms with Crippen molar-refractivity contribution in [2.45, 2.75) is 37.1 Å². The third-order valence-electron chi connectivity index (χ3n) is 5.88. The summed E-state index contributed by atoms with van der Waals surface area (Å²) in [6.07, 6.45) is 3.40. The van der Waals surface area contributed by atoms with Gasteiger partial charge in [0, 0.05) is 29.6 Å². The Hall–Kier alpha value is -2.12. The molecule has 2 aliphatic rings. The number of hydrogen-bond acceptors (Lipinski definition) is 5. The smallest absolute Gasteiger partial charge is 0.251 e. The highest BCUT2D eigenvalue weighted by atomic mass is 32.2. The lowest BCUT2D eigenvalue weighted by molar-refractivity contribution is -0.880. The maximum absolute atomic E-state index is 12.2. The molecule has 0 bridgehead atoms. The van der Waals surface area contributed by atoms with Gasteiger partial charge in [-0.15, -0.1) is 0 Å². The van der Waals surface area contributed by atoms with Crippen LogP contribution in [0.4, 0.5) is 5.82 Å². The average molecular weight is 427 g/mol. The lowest BCUT2D eigenvalue weighted by Crippen LogP contribution is -3.12. The molecule has 0 atom stereocenters.